The number of nitrogens with zero attached hydrogens (tertiary/aromatic N) is 3. The number of hydrogen-bond donors (Lipinski definition) is 1. The summed E-state index contributed by atoms with van der Waals surface area (Å²) >= 11 is 1.62. The van der Waals surface area contributed by atoms with E-state index in [1.165, 1.54) is 23.6 Å². The number of imidazole rings is 1. The van der Waals surface area contributed by atoms with Crippen molar-refractivity contribution in [3.63, 3.8) is 0 Å². The highest BCUT2D eigenvalue weighted by Gasteiger charge is 2.21. The Balaban J connectivity index is 1.54. The number of anilines is 1. The van der Waals surface area contributed by atoms with Gasteiger partial charge in [-0.15, -0.1) is 5.10 Å². The van der Waals surface area contributed by atoms with Crippen LogP contribution < -0.4 is 5.32 Å². The normalized spacial score (nSPS) is 14.6. The highest BCUT2D eigenvalue weighted by molar-refractivity contribution is 7.20. The van der Waals surface area contributed by atoms with Crippen LogP contribution in [0.2, 0.25) is 0 Å². The molecule has 0 radical (unpaired) electrons. The van der Waals surface area contributed by atoms with Gasteiger partial charge < -0.3 is 5.32 Å². The molecule has 114 valence electrons. The van der Waals surface area contributed by atoms with Crippen molar-refractivity contribution in [3.8, 4) is 11.3 Å². The number of rotatable bonds is 4. The molecule has 5 rings (SSSR count). The zero-order valence-electron chi connectivity index (χ0n) is 12.6. The van der Waals surface area contributed by atoms with Gasteiger partial charge in [0, 0.05) is 12.1 Å². The average molecular weight is 320 g/mol. The molecule has 1 N–H and O–H groups in total. The number of nitrogens with one attached hydrogen (secondary N) is 1. The van der Waals surface area contributed by atoms with Gasteiger partial charge in [0.2, 0.25) is 10.1 Å². The smallest absolute Gasteiger partial charge is 0.214 e. The molecule has 4 aromatic rings. The molecule has 1 aliphatic rings. The van der Waals surface area contributed by atoms with E-state index in [1.54, 1.807) is 11.3 Å². The lowest BCUT2D eigenvalue weighted by Crippen LogP contribution is -2.03. The maximum Gasteiger partial charge on any atom is 0.214 e. The molecule has 1 saturated carbocycles. The van der Waals surface area contributed by atoms with E-state index in [1.807, 2.05) is 10.7 Å². The SMILES string of the molecule is c1ccc2cc(-c3cnc4sc(NCC5CC5)nn34)ccc2c1. The van der Waals surface area contributed by atoms with E-state index in [-0.39, 0.29) is 0 Å². The maximum atomic E-state index is 4.69. The van der Waals surface area contributed by atoms with Gasteiger partial charge in [0.15, 0.2) is 0 Å². The van der Waals surface area contributed by atoms with Crippen LogP contribution in [0.25, 0.3) is 27.0 Å². The van der Waals surface area contributed by atoms with Crippen molar-refractivity contribution >= 4 is 32.2 Å². The van der Waals surface area contributed by atoms with Gasteiger partial charge in [0.05, 0.1) is 11.9 Å². The van der Waals surface area contributed by atoms with Gasteiger partial charge in [0.1, 0.15) is 0 Å². The fraction of sp³-hybridized carbons (Fsp3) is 0.222. The molecule has 2 heterocycles. The molecule has 0 amide bonds. The van der Waals surface area contributed by atoms with E-state index in [0.717, 1.165) is 33.8 Å². The molecule has 0 spiro atoms. The molecule has 0 bridgehead atoms. The van der Waals surface area contributed by atoms with Crippen LogP contribution in [-0.2, 0) is 0 Å². The highest BCUT2D eigenvalue weighted by atomic mass is 32.1. The summed E-state index contributed by atoms with van der Waals surface area (Å²) in [4.78, 5) is 5.45. The van der Waals surface area contributed by atoms with Crippen LogP contribution in [0.1, 0.15) is 12.8 Å². The van der Waals surface area contributed by atoms with E-state index in [0.29, 0.717) is 0 Å². The quantitative estimate of drug-likeness (QED) is 0.605. The van der Waals surface area contributed by atoms with Crippen LogP contribution >= 0.6 is 11.3 Å². The van der Waals surface area contributed by atoms with Gasteiger partial charge >= 0.3 is 0 Å². The van der Waals surface area contributed by atoms with Gasteiger partial charge in [-0.05, 0) is 35.6 Å². The van der Waals surface area contributed by atoms with E-state index in [9.17, 15) is 0 Å². The Hall–Kier alpha value is -2.40. The second-order valence-electron chi connectivity index (χ2n) is 6.13. The summed E-state index contributed by atoms with van der Waals surface area (Å²) in [5.74, 6) is 0.839. The van der Waals surface area contributed by atoms with Crippen molar-refractivity contribution < 1.29 is 0 Å². The Kier molecular flexibility index (Phi) is 2.88. The zero-order chi connectivity index (χ0) is 15.2. The summed E-state index contributed by atoms with van der Waals surface area (Å²) in [6, 6.07) is 14.9. The molecule has 23 heavy (non-hydrogen) atoms. The minimum absolute atomic E-state index is 0.839. The summed E-state index contributed by atoms with van der Waals surface area (Å²) < 4.78 is 1.95. The van der Waals surface area contributed by atoms with Crippen LogP contribution in [0, 0.1) is 5.92 Å². The van der Waals surface area contributed by atoms with Crippen molar-refractivity contribution in [2.75, 3.05) is 11.9 Å². The van der Waals surface area contributed by atoms with Crippen LogP contribution in [0.15, 0.2) is 48.7 Å². The Morgan fingerprint density at radius 3 is 2.87 bits per heavy atom. The molecule has 5 heteroatoms. The summed E-state index contributed by atoms with van der Waals surface area (Å²) in [5.41, 5.74) is 2.19. The minimum Gasteiger partial charge on any atom is -0.360 e. The lowest BCUT2D eigenvalue weighted by Gasteiger charge is -2.02. The van der Waals surface area contributed by atoms with E-state index in [4.69, 9.17) is 5.10 Å². The van der Waals surface area contributed by atoms with E-state index >= 15 is 0 Å². The average Bonchev–Trinajstić information content (AvgIpc) is 3.20. The summed E-state index contributed by atoms with van der Waals surface area (Å²) in [6.07, 6.45) is 4.60. The molecule has 2 aromatic carbocycles. The van der Waals surface area contributed by atoms with E-state index in [2.05, 4.69) is 52.8 Å². The molecule has 1 fully saturated rings. The second-order valence-corrected chi connectivity index (χ2v) is 7.09. The summed E-state index contributed by atoms with van der Waals surface area (Å²) in [6.45, 7) is 1.03. The van der Waals surface area contributed by atoms with Crippen LogP contribution in [-0.4, -0.2) is 21.1 Å². The third kappa shape index (κ3) is 2.37. The fourth-order valence-electron chi connectivity index (χ4n) is 2.86. The Labute approximate surface area is 137 Å². The Morgan fingerprint density at radius 2 is 2.00 bits per heavy atom. The van der Waals surface area contributed by atoms with Crippen LogP contribution in [0.3, 0.4) is 0 Å². The molecule has 0 saturated heterocycles. The third-order valence-corrected chi connectivity index (χ3v) is 5.25. The van der Waals surface area contributed by atoms with Crippen molar-refractivity contribution in [3.05, 3.63) is 48.7 Å². The lowest BCUT2D eigenvalue weighted by atomic mass is 10.1. The van der Waals surface area contributed by atoms with Gasteiger partial charge in [-0.25, -0.2) is 9.50 Å². The highest BCUT2D eigenvalue weighted by Crippen LogP contribution is 2.31. The zero-order valence-corrected chi connectivity index (χ0v) is 13.4. The maximum absolute atomic E-state index is 4.69. The summed E-state index contributed by atoms with van der Waals surface area (Å²) in [5, 5.41) is 11.6. The van der Waals surface area contributed by atoms with Gasteiger partial charge in [-0.3, -0.25) is 0 Å². The van der Waals surface area contributed by atoms with Crippen LogP contribution in [0.5, 0.6) is 0 Å². The molecular weight excluding hydrogens is 304 g/mol. The van der Waals surface area contributed by atoms with Crippen LogP contribution in [0.4, 0.5) is 5.13 Å². The predicted molar refractivity (Wildman–Crippen MR) is 95.0 cm³/mol. The Bertz CT molecular complexity index is 997. The molecule has 0 atom stereocenters. The third-order valence-electron chi connectivity index (χ3n) is 4.37. The van der Waals surface area contributed by atoms with E-state index < -0.39 is 0 Å². The van der Waals surface area contributed by atoms with Crippen molar-refractivity contribution in [1.82, 2.24) is 14.6 Å². The number of aromatic nitrogens is 3. The second kappa shape index (κ2) is 5.06. The topological polar surface area (TPSA) is 42.2 Å². The largest absolute Gasteiger partial charge is 0.360 e. The number of fused-ring (bicyclic) bond motifs is 2. The first-order valence-electron chi connectivity index (χ1n) is 7.94. The molecule has 0 aliphatic heterocycles. The fourth-order valence-corrected chi connectivity index (χ4v) is 3.65. The first-order valence-corrected chi connectivity index (χ1v) is 8.76. The molecule has 2 aromatic heterocycles. The van der Waals surface area contributed by atoms with Crippen molar-refractivity contribution in [1.29, 1.82) is 0 Å². The predicted octanol–water partition coefficient (Wildman–Crippen LogP) is 4.43. The first-order chi connectivity index (χ1) is 11.4. The molecule has 1 aliphatic carbocycles. The number of hydrogen-bond acceptors (Lipinski definition) is 4. The van der Waals surface area contributed by atoms with Gasteiger partial charge in [0.25, 0.3) is 0 Å². The van der Waals surface area contributed by atoms with Crippen molar-refractivity contribution in [2.24, 2.45) is 5.92 Å². The van der Waals surface area contributed by atoms with Gasteiger partial charge in [-0.1, -0.05) is 47.7 Å². The first kappa shape index (κ1) is 13.1. The van der Waals surface area contributed by atoms with Crippen molar-refractivity contribution in [2.45, 2.75) is 12.8 Å². The minimum atomic E-state index is 0.839. The number of benzene rings is 2. The monoisotopic (exact) mass is 320 g/mol. The lowest BCUT2D eigenvalue weighted by molar-refractivity contribution is 0.875. The molecule has 4 nitrogen and oxygen atoms in total. The summed E-state index contributed by atoms with van der Waals surface area (Å²) in [7, 11) is 0. The van der Waals surface area contributed by atoms with Gasteiger partial charge in [-0.2, -0.15) is 0 Å². The molecular formula is C18H16N4S. The Morgan fingerprint density at radius 1 is 1.13 bits per heavy atom. The molecule has 0 unspecified atom stereocenters. The standard InChI is InChI=1S/C18H16N4S/c1-2-4-14-9-15(8-7-13(14)3-1)16-11-20-18-22(16)21-17(23-18)19-10-12-5-6-12/h1-4,7-9,11-12H,5-6,10H2,(H,19,21).